The Bertz CT molecular complexity index is 1520. The van der Waals surface area contributed by atoms with Crippen LogP contribution >= 0.6 is 0 Å². The molecule has 1 N–H and O–H groups in total. The van der Waals surface area contributed by atoms with Gasteiger partial charge in [0.2, 0.25) is 21.9 Å². The monoisotopic (exact) mass is 592 g/mol. The maximum Gasteiger partial charge on any atom is 0.253 e. The summed E-state index contributed by atoms with van der Waals surface area (Å²) in [6.07, 6.45) is 1.63. The Balaban J connectivity index is 1.20. The van der Waals surface area contributed by atoms with Crippen LogP contribution in [0.25, 0.3) is 11.3 Å². The summed E-state index contributed by atoms with van der Waals surface area (Å²) in [6.45, 7) is 9.26. The summed E-state index contributed by atoms with van der Waals surface area (Å²) < 4.78 is 32.5. The van der Waals surface area contributed by atoms with Crippen LogP contribution in [0.4, 0.5) is 11.6 Å². The van der Waals surface area contributed by atoms with E-state index in [0.717, 1.165) is 11.3 Å². The number of aromatic nitrogens is 2. The number of carbonyl (C=O) groups excluding carboxylic acids is 2. The summed E-state index contributed by atoms with van der Waals surface area (Å²) in [7, 11) is -3.57. The molecule has 3 aromatic rings. The smallest absolute Gasteiger partial charge is 0.253 e. The fraction of sp³-hybridized carbons (Fsp3) is 0.400. The highest BCUT2D eigenvalue weighted by atomic mass is 32.2. The molecule has 0 spiro atoms. The van der Waals surface area contributed by atoms with Gasteiger partial charge in [-0.05, 0) is 42.5 Å². The van der Waals surface area contributed by atoms with Gasteiger partial charge in [0.1, 0.15) is 0 Å². The molecule has 2 aliphatic rings. The summed E-state index contributed by atoms with van der Waals surface area (Å²) >= 11 is 0. The van der Waals surface area contributed by atoms with E-state index < -0.39 is 15.4 Å². The zero-order valence-electron chi connectivity index (χ0n) is 24.1. The third-order valence-corrected chi connectivity index (χ3v) is 9.21. The van der Waals surface area contributed by atoms with E-state index in [1.165, 1.54) is 4.31 Å². The van der Waals surface area contributed by atoms with Crippen molar-refractivity contribution in [3.05, 3.63) is 66.4 Å². The molecule has 2 saturated heterocycles. The van der Waals surface area contributed by atoms with Gasteiger partial charge in [-0.2, -0.15) is 4.31 Å². The Morgan fingerprint density at radius 2 is 1.45 bits per heavy atom. The molecule has 5 rings (SSSR count). The SMILES string of the molecule is CC(C)(C)C(=O)N1CCN(C(=O)c2ccc(Nc3nccc(-c4ccc(S(=O)(=O)N5CCOCC5)cc4)n3)cc2)CC1. The number of rotatable bonds is 6. The maximum absolute atomic E-state index is 13.1. The number of nitrogens with one attached hydrogen (secondary N) is 1. The first-order chi connectivity index (χ1) is 20.0. The molecular formula is C30H36N6O5S. The Hall–Kier alpha value is -3.87. The molecule has 222 valence electrons. The maximum atomic E-state index is 13.1. The van der Waals surface area contributed by atoms with Gasteiger partial charge < -0.3 is 19.9 Å². The van der Waals surface area contributed by atoms with Gasteiger partial charge in [-0.1, -0.05) is 32.9 Å². The van der Waals surface area contributed by atoms with Gasteiger partial charge in [-0.15, -0.1) is 0 Å². The Morgan fingerprint density at radius 1 is 0.833 bits per heavy atom. The lowest BCUT2D eigenvalue weighted by molar-refractivity contribution is -0.140. The van der Waals surface area contributed by atoms with Gasteiger partial charge >= 0.3 is 0 Å². The van der Waals surface area contributed by atoms with Crippen molar-refractivity contribution < 1.29 is 22.7 Å². The van der Waals surface area contributed by atoms with Gasteiger partial charge in [-0.3, -0.25) is 9.59 Å². The van der Waals surface area contributed by atoms with Crippen LogP contribution in [0.2, 0.25) is 0 Å². The second-order valence-corrected chi connectivity index (χ2v) is 13.3. The lowest BCUT2D eigenvalue weighted by atomic mass is 9.94. The van der Waals surface area contributed by atoms with Crippen LogP contribution in [0.15, 0.2) is 65.7 Å². The molecule has 0 aliphatic carbocycles. The molecule has 0 unspecified atom stereocenters. The number of nitrogens with zero attached hydrogens (tertiary/aromatic N) is 5. The summed E-state index contributed by atoms with van der Waals surface area (Å²) in [4.78, 5) is 38.3. The van der Waals surface area contributed by atoms with E-state index in [4.69, 9.17) is 4.74 Å². The van der Waals surface area contributed by atoms with Crippen LogP contribution in [-0.2, 0) is 19.6 Å². The first kappa shape index (κ1) is 29.6. The number of benzene rings is 2. The standard InChI is InChI=1S/C30H36N6O5S/c1-30(2,3)28(38)35-16-14-34(15-17-35)27(37)23-4-8-24(9-5-23)32-29-31-13-12-26(33-29)22-6-10-25(11-7-22)42(39,40)36-18-20-41-21-19-36/h4-13H,14-21H2,1-3H3,(H,31,32,33). The van der Waals surface area contributed by atoms with Crippen LogP contribution in [0.3, 0.4) is 0 Å². The highest BCUT2D eigenvalue weighted by molar-refractivity contribution is 7.89. The van der Waals surface area contributed by atoms with Crippen molar-refractivity contribution in [1.29, 1.82) is 0 Å². The average Bonchev–Trinajstić information content (AvgIpc) is 3.01. The molecule has 2 amide bonds. The number of piperazine rings is 1. The molecule has 1 aromatic heterocycles. The normalized spacial score (nSPS) is 16.7. The predicted molar refractivity (Wildman–Crippen MR) is 159 cm³/mol. The number of sulfonamides is 1. The Kier molecular flexibility index (Phi) is 8.58. The van der Waals surface area contributed by atoms with Crippen LogP contribution in [0, 0.1) is 5.41 Å². The minimum atomic E-state index is -3.57. The number of hydrogen-bond donors (Lipinski definition) is 1. The molecule has 3 heterocycles. The third-order valence-electron chi connectivity index (χ3n) is 7.30. The first-order valence-electron chi connectivity index (χ1n) is 14.0. The lowest BCUT2D eigenvalue weighted by Crippen LogP contribution is -2.53. The molecule has 0 radical (unpaired) electrons. The van der Waals surface area contributed by atoms with Crippen molar-refractivity contribution in [2.75, 3.05) is 57.8 Å². The van der Waals surface area contributed by atoms with Crippen molar-refractivity contribution in [3.8, 4) is 11.3 Å². The van der Waals surface area contributed by atoms with E-state index in [1.54, 1.807) is 65.7 Å². The fourth-order valence-corrected chi connectivity index (χ4v) is 6.32. The van der Waals surface area contributed by atoms with E-state index in [0.29, 0.717) is 69.7 Å². The van der Waals surface area contributed by atoms with Gasteiger partial charge in [0.15, 0.2) is 0 Å². The Morgan fingerprint density at radius 3 is 2.07 bits per heavy atom. The van der Waals surface area contributed by atoms with Crippen molar-refractivity contribution in [1.82, 2.24) is 24.1 Å². The molecule has 42 heavy (non-hydrogen) atoms. The zero-order valence-corrected chi connectivity index (χ0v) is 24.9. The second-order valence-electron chi connectivity index (χ2n) is 11.3. The largest absolute Gasteiger partial charge is 0.379 e. The van der Waals surface area contributed by atoms with Crippen molar-refractivity contribution in [2.45, 2.75) is 25.7 Å². The van der Waals surface area contributed by atoms with E-state index in [-0.39, 0.29) is 16.7 Å². The van der Waals surface area contributed by atoms with Crippen molar-refractivity contribution in [3.63, 3.8) is 0 Å². The summed E-state index contributed by atoms with van der Waals surface area (Å²) in [6, 6.07) is 15.5. The van der Waals surface area contributed by atoms with Crippen LogP contribution in [0.1, 0.15) is 31.1 Å². The van der Waals surface area contributed by atoms with Crippen LogP contribution in [-0.4, -0.2) is 96.8 Å². The molecule has 2 aliphatic heterocycles. The minimum absolute atomic E-state index is 0.0678. The van der Waals surface area contributed by atoms with Crippen molar-refractivity contribution >= 4 is 33.5 Å². The topological polar surface area (TPSA) is 125 Å². The van der Waals surface area contributed by atoms with Gasteiger partial charge in [0.05, 0.1) is 23.8 Å². The summed E-state index contributed by atoms with van der Waals surface area (Å²) in [5.74, 6) is 0.406. The molecule has 2 aromatic carbocycles. The quantitative estimate of drug-likeness (QED) is 0.463. The first-order valence-corrected chi connectivity index (χ1v) is 15.4. The molecule has 2 fully saturated rings. The highest BCUT2D eigenvalue weighted by Crippen LogP contribution is 2.24. The van der Waals surface area contributed by atoms with Gasteiger partial charge in [0.25, 0.3) is 5.91 Å². The minimum Gasteiger partial charge on any atom is -0.379 e. The summed E-state index contributed by atoms with van der Waals surface area (Å²) in [5, 5.41) is 3.17. The number of anilines is 2. The van der Waals surface area contributed by atoms with Gasteiger partial charge in [-0.25, -0.2) is 18.4 Å². The number of hydrogen-bond acceptors (Lipinski definition) is 8. The number of amides is 2. The van der Waals surface area contributed by atoms with Gasteiger partial charge in [0, 0.05) is 67.7 Å². The number of ether oxygens (including phenoxy) is 1. The zero-order chi connectivity index (χ0) is 29.9. The summed E-state index contributed by atoms with van der Waals surface area (Å²) in [5.41, 5.74) is 2.24. The van der Waals surface area contributed by atoms with Crippen molar-refractivity contribution in [2.24, 2.45) is 5.41 Å². The predicted octanol–water partition coefficient (Wildman–Crippen LogP) is 3.24. The Labute approximate surface area is 246 Å². The van der Waals surface area contributed by atoms with E-state index in [9.17, 15) is 18.0 Å². The fourth-order valence-electron chi connectivity index (χ4n) is 4.91. The molecule has 0 atom stereocenters. The molecular weight excluding hydrogens is 556 g/mol. The van der Waals surface area contributed by atoms with E-state index in [2.05, 4.69) is 15.3 Å². The van der Waals surface area contributed by atoms with Crippen LogP contribution in [0.5, 0.6) is 0 Å². The molecule has 0 saturated carbocycles. The van der Waals surface area contributed by atoms with E-state index >= 15 is 0 Å². The molecule has 0 bridgehead atoms. The second kappa shape index (κ2) is 12.2. The highest BCUT2D eigenvalue weighted by Gasteiger charge is 2.31. The number of carbonyl (C=O) groups is 2. The number of morpholine rings is 1. The third kappa shape index (κ3) is 6.61. The average molecular weight is 593 g/mol. The lowest BCUT2D eigenvalue weighted by Gasteiger charge is -2.37. The van der Waals surface area contributed by atoms with Crippen LogP contribution < -0.4 is 5.32 Å². The van der Waals surface area contributed by atoms with E-state index in [1.807, 2.05) is 25.7 Å². The molecule has 12 heteroatoms. The molecule has 11 nitrogen and oxygen atoms in total.